The van der Waals surface area contributed by atoms with E-state index in [0.717, 1.165) is 24.4 Å². The van der Waals surface area contributed by atoms with Gasteiger partial charge in [-0.25, -0.2) is 0 Å². The summed E-state index contributed by atoms with van der Waals surface area (Å²) in [7, 11) is 0. The molecule has 5 unspecified atom stereocenters. The highest BCUT2D eigenvalue weighted by atomic mass is 16.5. The molecule has 5 atom stereocenters. The fourth-order valence-corrected chi connectivity index (χ4v) is 3.78. The Hall–Kier alpha value is -0.560. The van der Waals surface area contributed by atoms with Gasteiger partial charge in [-0.3, -0.25) is 0 Å². The van der Waals surface area contributed by atoms with Crippen LogP contribution >= 0.6 is 0 Å². The third-order valence-electron chi connectivity index (χ3n) is 4.55. The highest BCUT2D eigenvalue weighted by Gasteiger charge is 2.41. The van der Waals surface area contributed by atoms with Gasteiger partial charge < -0.3 is 4.74 Å². The highest BCUT2D eigenvalue weighted by molar-refractivity contribution is 5.25. The van der Waals surface area contributed by atoms with Gasteiger partial charge in [0.05, 0.1) is 6.10 Å². The summed E-state index contributed by atoms with van der Waals surface area (Å²) >= 11 is 0. The van der Waals surface area contributed by atoms with Crippen molar-refractivity contribution in [2.24, 2.45) is 23.7 Å². The Kier molecular flexibility index (Phi) is 2.67. The molecule has 1 saturated heterocycles. The molecule has 0 radical (unpaired) electrons. The number of fused-ring (bicyclic) bond motifs is 3. The van der Waals surface area contributed by atoms with Gasteiger partial charge in [-0.2, -0.15) is 0 Å². The molecule has 88 valence electrons. The van der Waals surface area contributed by atoms with Crippen LogP contribution in [0.15, 0.2) is 23.8 Å². The molecule has 1 heterocycles. The molecule has 1 aliphatic heterocycles. The number of hydrogen-bond acceptors (Lipinski definition) is 1. The second-order valence-electron chi connectivity index (χ2n) is 5.99. The molecule has 2 aliphatic carbocycles. The molecule has 1 saturated carbocycles. The van der Waals surface area contributed by atoms with Gasteiger partial charge in [-0.1, -0.05) is 30.7 Å². The summed E-state index contributed by atoms with van der Waals surface area (Å²) in [6.07, 6.45) is 11.8. The van der Waals surface area contributed by atoms with E-state index >= 15 is 0 Å². The third kappa shape index (κ3) is 1.75. The van der Waals surface area contributed by atoms with Crippen LogP contribution in [-0.2, 0) is 4.74 Å². The molecule has 0 aromatic rings. The second kappa shape index (κ2) is 4.03. The maximum absolute atomic E-state index is 6.12. The van der Waals surface area contributed by atoms with Crippen molar-refractivity contribution in [3.63, 3.8) is 0 Å². The predicted octanol–water partition coefficient (Wildman–Crippen LogP) is 3.57. The number of rotatable bonds is 0. The monoisotopic (exact) mass is 218 g/mol. The molecular formula is C15H22O. The van der Waals surface area contributed by atoms with E-state index in [1.807, 2.05) is 0 Å². The maximum Gasteiger partial charge on any atom is 0.0671 e. The lowest BCUT2D eigenvalue weighted by molar-refractivity contribution is -0.0992. The van der Waals surface area contributed by atoms with Crippen LogP contribution in [0.25, 0.3) is 0 Å². The summed E-state index contributed by atoms with van der Waals surface area (Å²) in [5.41, 5.74) is 1.43. The molecule has 0 spiro atoms. The smallest absolute Gasteiger partial charge is 0.0671 e. The zero-order valence-corrected chi connectivity index (χ0v) is 10.4. The molecule has 3 aliphatic rings. The van der Waals surface area contributed by atoms with E-state index in [4.69, 9.17) is 4.74 Å². The zero-order chi connectivity index (χ0) is 11.1. The second-order valence-corrected chi connectivity index (χ2v) is 5.99. The van der Waals surface area contributed by atoms with Crippen molar-refractivity contribution < 1.29 is 4.74 Å². The van der Waals surface area contributed by atoms with E-state index in [0.29, 0.717) is 12.0 Å². The Balaban J connectivity index is 1.79. The molecule has 1 heteroatoms. The average molecular weight is 218 g/mol. The number of ether oxygens (including phenoxy) is 1. The zero-order valence-electron chi connectivity index (χ0n) is 10.4. The first-order valence-electron chi connectivity index (χ1n) is 6.72. The van der Waals surface area contributed by atoms with Gasteiger partial charge in [-0.05, 0) is 43.9 Å². The van der Waals surface area contributed by atoms with Gasteiger partial charge in [0, 0.05) is 12.5 Å². The largest absolute Gasteiger partial charge is 0.377 e. The van der Waals surface area contributed by atoms with Crippen LogP contribution in [0.5, 0.6) is 0 Å². The Labute approximate surface area is 98.6 Å². The first kappa shape index (κ1) is 10.6. The fraction of sp³-hybridized carbons (Fsp3) is 0.733. The molecule has 0 aromatic carbocycles. The molecule has 1 nitrogen and oxygen atoms in total. The summed E-state index contributed by atoms with van der Waals surface area (Å²) in [5, 5.41) is 0. The van der Waals surface area contributed by atoms with Crippen LogP contribution in [0.3, 0.4) is 0 Å². The van der Waals surface area contributed by atoms with Gasteiger partial charge in [-0.15, -0.1) is 0 Å². The van der Waals surface area contributed by atoms with Gasteiger partial charge >= 0.3 is 0 Å². The Morgan fingerprint density at radius 3 is 3.06 bits per heavy atom. The van der Waals surface area contributed by atoms with Crippen LogP contribution in [0.1, 0.15) is 33.1 Å². The first-order chi connectivity index (χ1) is 7.74. The van der Waals surface area contributed by atoms with Gasteiger partial charge in [0.15, 0.2) is 0 Å². The third-order valence-corrected chi connectivity index (χ3v) is 4.55. The number of allylic oxidation sites excluding steroid dienone is 3. The van der Waals surface area contributed by atoms with Crippen molar-refractivity contribution in [2.75, 3.05) is 6.61 Å². The lowest BCUT2D eigenvalue weighted by Crippen LogP contribution is -2.44. The van der Waals surface area contributed by atoms with Crippen LogP contribution < -0.4 is 0 Å². The summed E-state index contributed by atoms with van der Waals surface area (Å²) in [4.78, 5) is 0. The van der Waals surface area contributed by atoms with Crippen molar-refractivity contribution in [3.05, 3.63) is 23.8 Å². The molecule has 0 amide bonds. The van der Waals surface area contributed by atoms with Gasteiger partial charge in [0.1, 0.15) is 0 Å². The van der Waals surface area contributed by atoms with Crippen LogP contribution in [0.2, 0.25) is 0 Å². The Morgan fingerprint density at radius 1 is 1.31 bits per heavy atom. The van der Waals surface area contributed by atoms with Crippen molar-refractivity contribution in [1.82, 2.24) is 0 Å². The summed E-state index contributed by atoms with van der Waals surface area (Å²) in [6.45, 7) is 5.51. The van der Waals surface area contributed by atoms with E-state index < -0.39 is 0 Å². The molecule has 0 aromatic heterocycles. The summed E-state index contributed by atoms with van der Waals surface area (Å²) in [5.74, 6) is 3.00. The summed E-state index contributed by atoms with van der Waals surface area (Å²) in [6, 6.07) is 0. The minimum Gasteiger partial charge on any atom is -0.377 e. The Morgan fingerprint density at radius 2 is 2.19 bits per heavy atom. The highest BCUT2D eigenvalue weighted by Crippen LogP contribution is 2.44. The minimum absolute atomic E-state index is 0.510. The van der Waals surface area contributed by atoms with Crippen molar-refractivity contribution in [2.45, 2.75) is 39.2 Å². The van der Waals surface area contributed by atoms with Gasteiger partial charge in [0.25, 0.3) is 0 Å². The fourth-order valence-electron chi connectivity index (χ4n) is 3.78. The minimum atomic E-state index is 0.510. The normalized spacial score (nSPS) is 46.9. The molecule has 3 rings (SSSR count). The van der Waals surface area contributed by atoms with E-state index in [-0.39, 0.29) is 0 Å². The van der Waals surface area contributed by atoms with E-state index in [1.165, 1.54) is 24.8 Å². The Bertz CT molecular complexity index is 328. The maximum atomic E-state index is 6.12. The standard InChI is InChI=1S/C15H22O/c1-10-3-6-14-12(7-10)4-5-13-8-11(2)9-16-15(13)14/h3,6-7,11-15H,4-5,8-9H2,1-2H3. The van der Waals surface area contributed by atoms with Gasteiger partial charge in [0.2, 0.25) is 0 Å². The molecule has 0 N–H and O–H groups in total. The summed E-state index contributed by atoms with van der Waals surface area (Å²) < 4.78 is 6.12. The molecule has 0 bridgehead atoms. The first-order valence-corrected chi connectivity index (χ1v) is 6.72. The lowest BCUT2D eigenvalue weighted by Gasteiger charge is -2.46. The van der Waals surface area contributed by atoms with Crippen molar-refractivity contribution >= 4 is 0 Å². The SMILES string of the molecule is CC1=CC2CCC3CC(C)COC3C2C=C1. The van der Waals surface area contributed by atoms with E-state index in [2.05, 4.69) is 32.1 Å². The molecule has 2 fully saturated rings. The van der Waals surface area contributed by atoms with Crippen molar-refractivity contribution in [3.8, 4) is 0 Å². The predicted molar refractivity (Wildman–Crippen MR) is 66.1 cm³/mol. The molecular weight excluding hydrogens is 196 g/mol. The van der Waals surface area contributed by atoms with Crippen LogP contribution in [0, 0.1) is 23.7 Å². The topological polar surface area (TPSA) is 9.23 Å². The quantitative estimate of drug-likeness (QED) is 0.604. The van der Waals surface area contributed by atoms with Crippen molar-refractivity contribution in [1.29, 1.82) is 0 Å². The molecule has 16 heavy (non-hydrogen) atoms. The van der Waals surface area contributed by atoms with E-state index in [1.54, 1.807) is 0 Å². The average Bonchev–Trinajstić information content (AvgIpc) is 2.28. The number of hydrogen-bond donors (Lipinski definition) is 0. The lowest BCUT2D eigenvalue weighted by atomic mass is 9.67. The van der Waals surface area contributed by atoms with Crippen LogP contribution in [-0.4, -0.2) is 12.7 Å². The van der Waals surface area contributed by atoms with Crippen LogP contribution in [0.4, 0.5) is 0 Å². The van der Waals surface area contributed by atoms with E-state index in [9.17, 15) is 0 Å².